The summed E-state index contributed by atoms with van der Waals surface area (Å²) >= 11 is 0. The van der Waals surface area contributed by atoms with Crippen molar-refractivity contribution < 1.29 is 5.11 Å². The molecule has 0 aromatic heterocycles. The minimum absolute atomic E-state index is 0.0441. The summed E-state index contributed by atoms with van der Waals surface area (Å²) in [6, 6.07) is 0. The fraction of sp³-hybridized carbons (Fsp3) is 1.00. The lowest BCUT2D eigenvalue weighted by atomic mass is 9.73. The molecule has 0 aliphatic heterocycles. The van der Waals surface area contributed by atoms with Crippen LogP contribution in [-0.4, -0.2) is 11.2 Å². The summed E-state index contributed by atoms with van der Waals surface area (Å²) in [4.78, 5) is 0. The fourth-order valence-corrected chi connectivity index (χ4v) is 3.15. The van der Waals surface area contributed by atoms with Crippen molar-refractivity contribution >= 4 is 0 Å². The molecule has 14 heavy (non-hydrogen) atoms. The van der Waals surface area contributed by atoms with Crippen molar-refractivity contribution in [3.63, 3.8) is 0 Å². The molecule has 1 N–H and O–H groups in total. The molecule has 1 heteroatoms. The van der Waals surface area contributed by atoms with Crippen LogP contribution < -0.4 is 0 Å². The molecule has 1 aliphatic carbocycles. The van der Waals surface area contributed by atoms with E-state index >= 15 is 0 Å². The largest absolute Gasteiger partial charge is 0.393 e. The molecule has 1 fully saturated rings. The van der Waals surface area contributed by atoms with Gasteiger partial charge in [0.15, 0.2) is 0 Å². The van der Waals surface area contributed by atoms with Crippen LogP contribution in [0.25, 0.3) is 0 Å². The Bertz CT molecular complexity index is 157. The highest BCUT2D eigenvalue weighted by Crippen LogP contribution is 2.46. The lowest BCUT2D eigenvalue weighted by Crippen LogP contribution is -2.33. The van der Waals surface area contributed by atoms with Crippen molar-refractivity contribution in [2.24, 2.45) is 11.3 Å². The number of hydrogen-bond acceptors (Lipinski definition) is 1. The molecule has 0 bridgehead atoms. The van der Waals surface area contributed by atoms with E-state index in [0.29, 0.717) is 0 Å². The fourth-order valence-electron chi connectivity index (χ4n) is 3.15. The molecular weight excluding hydrogens is 172 g/mol. The number of hydrogen-bond donors (Lipinski definition) is 1. The van der Waals surface area contributed by atoms with Crippen molar-refractivity contribution in [1.82, 2.24) is 0 Å². The zero-order valence-corrected chi connectivity index (χ0v) is 10.1. The third kappa shape index (κ3) is 2.73. The third-order valence-corrected chi connectivity index (χ3v) is 3.68. The van der Waals surface area contributed by atoms with Crippen LogP contribution in [-0.2, 0) is 0 Å². The standard InChI is InChI=1S/C13H26O/c1-4-7-12(14)13(10-11(2)3)8-5-6-9-13/h11-12,14H,4-10H2,1-3H3. The Kier molecular flexibility index (Phi) is 4.43. The molecule has 1 unspecified atom stereocenters. The molecule has 0 spiro atoms. The second-order valence-corrected chi connectivity index (χ2v) is 5.47. The van der Waals surface area contributed by atoms with Gasteiger partial charge in [-0.1, -0.05) is 40.0 Å². The Morgan fingerprint density at radius 2 is 1.79 bits per heavy atom. The summed E-state index contributed by atoms with van der Waals surface area (Å²) in [5.74, 6) is 0.722. The Morgan fingerprint density at radius 3 is 2.21 bits per heavy atom. The van der Waals surface area contributed by atoms with Gasteiger partial charge in [-0.3, -0.25) is 0 Å². The third-order valence-electron chi connectivity index (χ3n) is 3.68. The van der Waals surface area contributed by atoms with Crippen LogP contribution in [0.3, 0.4) is 0 Å². The molecule has 0 aromatic rings. The van der Waals surface area contributed by atoms with Gasteiger partial charge in [-0.05, 0) is 37.0 Å². The summed E-state index contributed by atoms with van der Waals surface area (Å²) in [6.07, 6.45) is 8.44. The Labute approximate surface area is 88.9 Å². The van der Waals surface area contributed by atoms with E-state index in [4.69, 9.17) is 0 Å². The lowest BCUT2D eigenvalue weighted by molar-refractivity contribution is 0.00665. The molecule has 1 aliphatic rings. The minimum atomic E-state index is -0.0441. The van der Waals surface area contributed by atoms with Crippen LogP contribution in [0.5, 0.6) is 0 Å². The first-order valence-electron chi connectivity index (χ1n) is 6.29. The van der Waals surface area contributed by atoms with Crippen molar-refractivity contribution in [2.75, 3.05) is 0 Å². The van der Waals surface area contributed by atoms with Gasteiger partial charge in [-0.2, -0.15) is 0 Å². The highest BCUT2D eigenvalue weighted by atomic mass is 16.3. The van der Waals surface area contributed by atoms with E-state index in [1.165, 1.54) is 32.1 Å². The molecule has 1 saturated carbocycles. The van der Waals surface area contributed by atoms with E-state index in [1.807, 2.05) is 0 Å². The molecule has 0 heterocycles. The van der Waals surface area contributed by atoms with Gasteiger partial charge < -0.3 is 5.11 Å². The number of aliphatic hydroxyl groups is 1. The van der Waals surface area contributed by atoms with Crippen molar-refractivity contribution in [3.8, 4) is 0 Å². The van der Waals surface area contributed by atoms with Gasteiger partial charge >= 0.3 is 0 Å². The molecule has 1 atom stereocenters. The SMILES string of the molecule is CCCC(O)C1(CC(C)C)CCCC1. The van der Waals surface area contributed by atoms with Gasteiger partial charge in [0.2, 0.25) is 0 Å². The predicted molar refractivity (Wildman–Crippen MR) is 61.3 cm³/mol. The van der Waals surface area contributed by atoms with Gasteiger partial charge in [0.05, 0.1) is 6.10 Å². The van der Waals surface area contributed by atoms with Gasteiger partial charge in [-0.15, -0.1) is 0 Å². The highest BCUT2D eigenvalue weighted by Gasteiger charge is 2.39. The zero-order chi connectivity index (χ0) is 10.6. The summed E-state index contributed by atoms with van der Waals surface area (Å²) in [6.45, 7) is 6.72. The first-order chi connectivity index (χ1) is 6.60. The first-order valence-corrected chi connectivity index (χ1v) is 6.29. The molecule has 0 aromatic carbocycles. The maximum Gasteiger partial charge on any atom is 0.0596 e. The monoisotopic (exact) mass is 198 g/mol. The van der Waals surface area contributed by atoms with Gasteiger partial charge in [-0.25, -0.2) is 0 Å². The van der Waals surface area contributed by atoms with E-state index in [1.54, 1.807) is 0 Å². The van der Waals surface area contributed by atoms with Crippen LogP contribution in [0.2, 0.25) is 0 Å². The number of rotatable bonds is 5. The summed E-state index contributed by atoms with van der Waals surface area (Å²) in [5, 5.41) is 10.2. The summed E-state index contributed by atoms with van der Waals surface area (Å²) in [5.41, 5.74) is 0.282. The topological polar surface area (TPSA) is 20.2 Å². The predicted octanol–water partition coefficient (Wildman–Crippen LogP) is 3.75. The van der Waals surface area contributed by atoms with Crippen LogP contribution in [0.1, 0.15) is 65.7 Å². The average Bonchev–Trinajstić information content (AvgIpc) is 2.53. The second kappa shape index (κ2) is 5.16. The van der Waals surface area contributed by atoms with E-state index in [-0.39, 0.29) is 11.5 Å². The highest BCUT2D eigenvalue weighted by molar-refractivity contribution is 4.91. The molecular formula is C13H26O. The van der Waals surface area contributed by atoms with Crippen LogP contribution in [0, 0.1) is 11.3 Å². The van der Waals surface area contributed by atoms with Crippen LogP contribution >= 0.6 is 0 Å². The molecule has 0 saturated heterocycles. The first kappa shape index (κ1) is 12.0. The van der Waals surface area contributed by atoms with Crippen molar-refractivity contribution in [1.29, 1.82) is 0 Å². The minimum Gasteiger partial charge on any atom is -0.393 e. The molecule has 84 valence electrons. The van der Waals surface area contributed by atoms with Crippen molar-refractivity contribution in [2.45, 2.75) is 71.8 Å². The van der Waals surface area contributed by atoms with E-state index < -0.39 is 0 Å². The molecule has 0 radical (unpaired) electrons. The maximum atomic E-state index is 10.2. The average molecular weight is 198 g/mol. The smallest absolute Gasteiger partial charge is 0.0596 e. The van der Waals surface area contributed by atoms with Crippen LogP contribution in [0.15, 0.2) is 0 Å². The van der Waals surface area contributed by atoms with Gasteiger partial charge in [0.25, 0.3) is 0 Å². The summed E-state index contributed by atoms with van der Waals surface area (Å²) in [7, 11) is 0. The number of aliphatic hydroxyl groups excluding tert-OH is 1. The Balaban J connectivity index is 2.60. The van der Waals surface area contributed by atoms with E-state index in [9.17, 15) is 5.11 Å². The molecule has 1 rings (SSSR count). The lowest BCUT2D eigenvalue weighted by Gasteiger charge is -2.36. The zero-order valence-electron chi connectivity index (χ0n) is 10.1. The quantitative estimate of drug-likeness (QED) is 0.713. The Morgan fingerprint density at radius 1 is 1.21 bits per heavy atom. The molecule has 1 nitrogen and oxygen atoms in total. The molecule has 0 amide bonds. The maximum absolute atomic E-state index is 10.2. The van der Waals surface area contributed by atoms with Gasteiger partial charge in [0.1, 0.15) is 0 Å². The van der Waals surface area contributed by atoms with Crippen LogP contribution in [0.4, 0.5) is 0 Å². The van der Waals surface area contributed by atoms with Gasteiger partial charge in [0, 0.05) is 0 Å². The van der Waals surface area contributed by atoms with E-state index in [0.717, 1.165) is 18.8 Å². The van der Waals surface area contributed by atoms with Crippen molar-refractivity contribution in [3.05, 3.63) is 0 Å². The summed E-state index contributed by atoms with van der Waals surface area (Å²) < 4.78 is 0. The normalized spacial score (nSPS) is 22.9. The Hall–Kier alpha value is -0.0400. The van der Waals surface area contributed by atoms with E-state index in [2.05, 4.69) is 20.8 Å². The second-order valence-electron chi connectivity index (χ2n) is 5.47.